The second kappa shape index (κ2) is 8.73. The maximum absolute atomic E-state index is 14.9. The molecule has 6 nitrogen and oxygen atoms in total. The van der Waals surface area contributed by atoms with Crippen LogP contribution in [0.15, 0.2) is 72.0 Å². The summed E-state index contributed by atoms with van der Waals surface area (Å²) in [5, 5.41) is 9.18. The van der Waals surface area contributed by atoms with Gasteiger partial charge in [-0.15, -0.1) is 0 Å². The molecule has 1 atom stereocenters. The van der Waals surface area contributed by atoms with E-state index in [-0.39, 0.29) is 17.9 Å². The molecule has 0 radical (unpaired) electrons. The summed E-state index contributed by atoms with van der Waals surface area (Å²) in [5.74, 6) is -0.676. The normalized spacial score (nSPS) is 17.8. The van der Waals surface area contributed by atoms with Gasteiger partial charge in [0.1, 0.15) is 23.1 Å². The number of ketones is 1. The van der Waals surface area contributed by atoms with E-state index in [4.69, 9.17) is 11.0 Å². The summed E-state index contributed by atoms with van der Waals surface area (Å²) in [4.78, 5) is 26.3. The molecular formula is C24H18FN5OS. The van der Waals surface area contributed by atoms with Gasteiger partial charge in [-0.25, -0.2) is 9.38 Å². The lowest BCUT2D eigenvalue weighted by atomic mass is 9.89. The molecule has 2 aromatic heterocycles. The standard InChI is InChI=1S/C24H18FN5OS/c1-24(12-22(32-23(27)30-24)20-4-2-3-9-28-20)17-10-15(5-7-18(17)25)11-21(31)19-8-6-16(13-26)14-29-19/h2-10,12,14H,11H2,1H3,(H2,27,30)/t24-/m0/s1. The zero-order valence-electron chi connectivity index (χ0n) is 17.1. The fourth-order valence-corrected chi connectivity index (χ4v) is 4.40. The molecule has 2 N–H and O–H groups in total. The molecule has 32 heavy (non-hydrogen) atoms. The predicted molar refractivity (Wildman–Crippen MR) is 122 cm³/mol. The highest BCUT2D eigenvalue weighted by Gasteiger charge is 2.32. The number of nitrogens with zero attached hydrogens (tertiary/aromatic N) is 4. The Hall–Kier alpha value is -3.83. The number of carbonyl (C=O) groups excluding carboxylic acids is 1. The number of aliphatic imine (C=N–C) groups is 1. The number of benzene rings is 1. The van der Waals surface area contributed by atoms with Gasteiger partial charge in [0.25, 0.3) is 0 Å². The maximum atomic E-state index is 14.9. The van der Waals surface area contributed by atoms with Crippen LogP contribution in [0.4, 0.5) is 4.39 Å². The van der Waals surface area contributed by atoms with Crippen LogP contribution in [0.5, 0.6) is 0 Å². The lowest BCUT2D eigenvalue weighted by molar-refractivity contribution is 0.0988. The average molecular weight is 444 g/mol. The van der Waals surface area contributed by atoms with Gasteiger partial charge < -0.3 is 5.73 Å². The lowest BCUT2D eigenvalue weighted by Gasteiger charge is -2.28. The summed E-state index contributed by atoms with van der Waals surface area (Å²) >= 11 is 1.28. The molecule has 158 valence electrons. The van der Waals surface area contributed by atoms with Crippen LogP contribution in [0.3, 0.4) is 0 Å². The van der Waals surface area contributed by atoms with Gasteiger partial charge in [-0.1, -0.05) is 23.9 Å². The number of hydrogen-bond acceptors (Lipinski definition) is 7. The first-order valence-electron chi connectivity index (χ1n) is 9.73. The minimum absolute atomic E-state index is 0.0347. The van der Waals surface area contributed by atoms with E-state index in [1.165, 1.54) is 30.1 Å². The van der Waals surface area contributed by atoms with Crippen molar-refractivity contribution in [1.82, 2.24) is 9.97 Å². The largest absolute Gasteiger partial charge is 0.378 e. The van der Waals surface area contributed by atoms with E-state index in [9.17, 15) is 9.18 Å². The van der Waals surface area contributed by atoms with E-state index in [0.29, 0.717) is 21.9 Å². The Labute approximate surface area is 188 Å². The molecule has 3 heterocycles. The van der Waals surface area contributed by atoms with Crippen LogP contribution in [0.1, 0.15) is 39.8 Å². The Morgan fingerprint density at radius 2 is 2.06 bits per heavy atom. The first-order chi connectivity index (χ1) is 15.4. The number of halogens is 1. The van der Waals surface area contributed by atoms with E-state index in [1.54, 1.807) is 31.3 Å². The summed E-state index contributed by atoms with van der Waals surface area (Å²) in [6.07, 6.45) is 4.90. The van der Waals surface area contributed by atoms with E-state index in [1.807, 2.05) is 30.3 Å². The van der Waals surface area contributed by atoms with E-state index in [0.717, 1.165) is 10.6 Å². The number of aromatic nitrogens is 2. The number of nitriles is 1. The van der Waals surface area contributed by atoms with Crippen LogP contribution >= 0.6 is 11.8 Å². The summed E-state index contributed by atoms with van der Waals surface area (Å²) in [7, 11) is 0. The molecule has 0 unspecified atom stereocenters. The molecule has 1 aliphatic heterocycles. The van der Waals surface area contributed by atoms with Gasteiger partial charge in [-0.3, -0.25) is 14.8 Å². The Bertz CT molecular complexity index is 1280. The topological polar surface area (TPSA) is 105 Å². The zero-order valence-corrected chi connectivity index (χ0v) is 17.9. The Kier molecular flexibility index (Phi) is 5.84. The second-order valence-corrected chi connectivity index (χ2v) is 8.44. The van der Waals surface area contributed by atoms with Crippen molar-refractivity contribution >= 4 is 27.6 Å². The molecule has 0 aliphatic carbocycles. The molecule has 1 aromatic carbocycles. The first-order valence-corrected chi connectivity index (χ1v) is 10.6. The molecule has 8 heteroatoms. The Morgan fingerprint density at radius 3 is 2.75 bits per heavy atom. The van der Waals surface area contributed by atoms with Gasteiger partial charge in [0.2, 0.25) is 0 Å². The number of thioether (sulfide) groups is 1. The SMILES string of the molecule is C[C@@]1(c2cc(CC(=O)c3ccc(C#N)cn3)ccc2F)C=C(c2ccccn2)SC(N)=N1. The summed E-state index contributed by atoms with van der Waals surface area (Å²) < 4.78 is 14.9. The molecule has 4 rings (SSSR count). The van der Waals surface area contributed by atoms with E-state index >= 15 is 0 Å². The smallest absolute Gasteiger partial charge is 0.185 e. The van der Waals surface area contributed by atoms with Gasteiger partial charge in [0.05, 0.1) is 11.3 Å². The minimum Gasteiger partial charge on any atom is -0.378 e. The van der Waals surface area contributed by atoms with Crippen LogP contribution in [-0.4, -0.2) is 20.9 Å². The quantitative estimate of drug-likeness (QED) is 0.592. The van der Waals surface area contributed by atoms with Crippen LogP contribution in [0.2, 0.25) is 0 Å². The number of amidine groups is 1. The summed E-state index contributed by atoms with van der Waals surface area (Å²) in [6, 6.07) is 15.1. The fourth-order valence-electron chi connectivity index (χ4n) is 3.43. The van der Waals surface area contributed by atoms with Crippen molar-refractivity contribution < 1.29 is 9.18 Å². The third kappa shape index (κ3) is 4.43. The highest BCUT2D eigenvalue weighted by molar-refractivity contribution is 8.21. The molecule has 0 saturated carbocycles. The van der Waals surface area contributed by atoms with Crippen molar-refractivity contribution in [2.24, 2.45) is 10.7 Å². The molecule has 0 saturated heterocycles. The highest BCUT2D eigenvalue weighted by Crippen LogP contribution is 2.41. The highest BCUT2D eigenvalue weighted by atomic mass is 32.2. The molecule has 3 aromatic rings. The third-order valence-electron chi connectivity index (χ3n) is 5.01. The van der Waals surface area contributed by atoms with Gasteiger partial charge in [-0.05, 0) is 55.0 Å². The average Bonchev–Trinajstić information content (AvgIpc) is 2.80. The van der Waals surface area contributed by atoms with Crippen molar-refractivity contribution in [3.63, 3.8) is 0 Å². The van der Waals surface area contributed by atoms with Crippen LogP contribution in [-0.2, 0) is 12.0 Å². The number of nitrogens with two attached hydrogens (primary N) is 1. The number of carbonyl (C=O) groups is 1. The third-order valence-corrected chi connectivity index (χ3v) is 5.85. The Morgan fingerprint density at radius 1 is 1.22 bits per heavy atom. The minimum atomic E-state index is -1.06. The maximum Gasteiger partial charge on any atom is 0.185 e. The molecule has 0 bridgehead atoms. The summed E-state index contributed by atoms with van der Waals surface area (Å²) in [5.41, 5.74) is 7.30. The fraction of sp³-hybridized carbons (Fsp3) is 0.125. The Balaban J connectivity index is 1.67. The molecular weight excluding hydrogens is 425 g/mol. The van der Waals surface area contributed by atoms with Gasteiger partial charge >= 0.3 is 0 Å². The van der Waals surface area contributed by atoms with Crippen molar-refractivity contribution in [2.75, 3.05) is 0 Å². The van der Waals surface area contributed by atoms with Gasteiger partial charge in [-0.2, -0.15) is 5.26 Å². The molecule has 0 fully saturated rings. The van der Waals surface area contributed by atoms with Gasteiger partial charge in [0.15, 0.2) is 11.0 Å². The number of Topliss-reactive ketones (excluding diaryl/α,β-unsaturated/α-hetero) is 1. The molecule has 1 aliphatic rings. The van der Waals surface area contributed by atoms with E-state index in [2.05, 4.69) is 15.0 Å². The zero-order chi connectivity index (χ0) is 22.7. The first kappa shape index (κ1) is 21.4. The van der Waals surface area contributed by atoms with Gasteiger partial charge in [0, 0.05) is 29.3 Å². The van der Waals surface area contributed by atoms with E-state index < -0.39 is 11.4 Å². The monoisotopic (exact) mass is 443 g/mol. The number of hydrogen-bond donors (Lipinski definition) is 1. The second-order valence-electron chi connectivity index (χ2n) is 7.38. The number of rotatable bonds is 5. The van der Waals surface area contributed by atoms with Crippen LogP contribution in [0, 0.1) is 17.1 Å². The van der Waals surface area contributed by atoms with Crippen molar-refractivity contribution in [2.45, 2.75) is 18.9 Å². The van der Waals surface area contributed by atoms with Crippen molar-refractivity contribution in [3.05, 3.63) is 101 Å². The van der Waals surface area contributed by atoms with Crippen LogP contribution in [0.25, 0.3) is 4.91 Å². The summed E-state index contributed by atoms with van der Waals surface area (Å²) in [6.45, 7) is 1.77. The van der Waals surface area contributed by atoms with Crippen molar-refractivity contribution in [1.29, 1.82) is 5.26 Å². The molecule has 0 spiro atoms. The van der Waals surface area contributed by atoms with Crippen LogP contribution < -0.4 is 5.73 Å². The predicted octanol–water partition coefficient (Wildman–Crippen LogP) is 4.23. The number of pyridine rings is 2. The lowest BCUT2D eigenvalue weighted by Crippen LogP contribution is -2.26. The van der Waals surface area contributed by atoms with Crippen molar-refractivity contribution in [3.8, 4) is 6.07 Å². The molecule has 0 amide bonds.